The Labute approximate surface area is 164 Å². The highest BCUT2D eigenvalue weighted by atomic mass is 19.1. The average Bonchev–Trinajstić information content (AvgIpc) is 2.66. The lowest BCUT2D eigenvalue weighted by Gasteiger charge is -2.42. The first-order valence-corrected chi connectivity index (χ1v) is 9.61. The van der Waals surface area contributed by atoms with Gasteiger partial charge < -0.3 is 15.4 Å². The monoisotopic (exact) mass is 387 g/mol. The molecule has 1 aromatic carbocycles. The topological polar surface area (TPSA) is 70.7 Å². The fraction of sp³-hybridized carbons (Fsp3) is 0.524. The van der Waals surface area contributed by atoms with Crippen LogP contribution in [0.25, 0.3) is 0 Å². The van der Waals surface area contributed by atoms with E-state index in [0.717, 1.165) is 24.8 Å². The summed E-state index contributed by atoms with van der Waals surface area (Å²) in [6.07, 6.45) is 7.65. The van der Waals surface area contributed by atoms with Crippen molar-refractivity contribution in [1.82, 2.24) is 15.5 Å². The van der Waals surface area contributed by atoms with Gasteiger partial charge in [-0.1, -0.05) is 24.5 Å². The molecule has 0 spiro atoms. The van der Waals surface area contributed by atoms with Crippen LogP contribution in [0.15, 0.2) is 24.3 Å². The van der Waals surface area contributed by atoms with Crippen LogP contribution >= 0.6 is 0 Å². The van der Waals surface area contributed by atoms with Gasteiger partial charge in [-0.15, -0.1) is 6.42 Å². The van der Waals surface area contributed by atoms with Gasteiger partial charge in [0.2, 0.25) is 11.8 Å². The lowest BCUT2D eigenvalue weighted by molar-refractivity contribution is -0.130. The Bertz CT molecular complexity index is 740. The third-order valence-corrected chi connectivity index (χ3v) is 5.62. The SMILES string of the molecule is C#CCNC(=O)CN1CCOCC1CNC(=O)C1(c2ccc(F)cc2)CCC1. The summed E-state index contributed by atoms with van der Waals surface area (Å²) in [6.45, 7) is 2.43. The van der Waals surface area contributed by atoms with E-state index >= 15 is 0 Å². The van der Waals surface area contributed by atoms with Crippen LogP contribution in [0.1, 0.15) is 24.8 Å². The van der Waals surface area contributed by atoms with Crippen LogP contribution in [0.4, 0.5) is 4.39 Å². The maximum atomic E-state index is 13.3. The summed E-state index contributed by atoms with van der Waals surface area (Å²) >= 11 is 0. The van der Waals surface area contributed by atoms with E-state index < -0.39 is 5.41 Å². The lowest BCUT2D eigenvalue weighted by Crippen LogP contribution is -2.56. The van der Waals surface area contributed by atoms with Crippen molar-refractivity contribution in [2.45, 2.75) is 30.7 Å². The first-order valence-electron chi connectivity index (χ1n) is 9.61. The number of nitrogens with one attached hydrogen (secondary N) is 2. The van der Waals surface area contributed by atoms with Crippen LogP contribution in [0, 0.1) is 18.2 Å². The highest BCUT2D eigenvalue weighted by molar-refractivity contribution is 5.89. The summed E-state index contributed by atoms with van der Waals surface area (Å²) in [5.41, 5.74) is 0.265. The fourth-order valence-corrected chi connectivity index (χ4v) is 3.80. The van der Waals surface area contributed by atoms with Crippen LogP contribution < -0.4 is 10.6 Å². The molecule has 150 valence electrons. The van der Waals surface area contributed by atoms with Gasteiger partial charge in [-0.05, 0) is 30.5 Å². The molecule has 2 fully saturated rings. The molecule has 1 saturated heterocycles. The summed E-state index contributed by atoms with van der Waals surface area (Å²) in [6, 6.07) is 6.10. The van der Waals surface area contributed by atoms with E-state index in [4.69, 9.17) is 11.2 Å². The summed E-state index contributed by atoms with van der Waals surface area (Å²) in [4.78, 5) is 27.0. The molecule has 2 N–H and O–H groups in total. The number of amides is 2. The number of hydrogen-bond donors (Lipinski definition) is 2. The molecular weight excluding hydrogens is 361 g/mol. The van der Waals surface area contributed by atoms with Gasteiger partial charge >= 0.3 is 0 Å². The molecule has 2 aliphatic rings. The highest BCUT2D eigenvalue weighted by Gasteiger charge is 2.45. The second kappa shape index (κ2) is 9.18. The Kier molecular flexibility index (Phi) is 6.65. The Morgan fingerprint density at radius 2 is 2.04 bits per heavy atom. The summed E-state index contributed by atoms with van der Waals surface area (Å²) < 4.78 is 18.8. The minimum absolute atomic E-state index is 0.0485. The molecule has 0 bridgehead atoms. The Morgan fingerprint density at radius 1 is 1.29 bits per heavy atom. The predicted octanol–water partition coefficient (Wildman–Crippen LogP) is 0.814. The quantitative estimate of drug-likeness (QED) is 0.680. The zero-order valence-corrected chi connectivity index (χ0v) is 15.9. The molecule has 1 atom stereocenters. The van der Waals surface area contributed by atoms with Gasteiger partial charge in [0.15, 0.2) is 0 Å². The van der Waals surface area contributed by atoms with Gasteiger partial charge in [0.1, 0.15) is 5.82 Å². The number of halogens is 1. The minimum Gasteiger partial charge on any atom is -0.378 e. The molecule has 6 nitrogen and oxygen atoms in total. The van der Waals surface area contributed by atoms with Crippen LogP contribution in [-0.2, 0) is 19.7 Å². The Hall–Kier alpha value is -2.43. The van der Waals surface area contributed by atoms with E-state index in [1.807, 2.05) is 4.90 Å². The zero-order chi connectivity index (χ0) is 20.0. The molecule has 28 heavy (non-hydrogen) atoms. The number of carbonyl (C=O) groups is 2. The Balaban J connectivity index is 1.59. The number of hydrogen-bond acceptors (Lipinski definition) is 4. The first kappa shape index (κ1) is 20.3. The number of nitrogens with zero attached hydrogens (tertiary/aromatic N) is 1. The van der Waals surface area contributed by atoms with Gasteiger partial charge in [-0.25, -0.2) is 4.39 Å². The first-order chi connectivity index (χ1) is 13.5. The van der Waals surface area contributed by atoms with Gasteiger partial charge in [0.05, 0.1) is 37.8 Å². The Morgan fingerprint density at radius 3 is 2.68 bits per heavy atom. The van der Waals surface area contributed by atoms with Gasteiger partial charge in [0, 0.05) is 13.1 Å². The van der Waals surface area contributed by atoms with Gasteiger partial charge in [-0.3, -0.25) is 14.5 Å². The number of rotatable bonds is 7. The van der Waals surface area contributed by atoms with Crippen molar-refractivity contribution in [1.29, 1.82) is 0 Å². The molecule has 3 rings (SSSR count). The third kappa shape index (κ3) is 4.51. The molecule has 1 heterocycles. The van der Waals surface area contributed by atoms with Crippen molar-refractivity contribution in [3.63, 3.8) is 0 Å². The molecule has 1 aliphatic carbocycles. The van der Waals surface area contributed by atoms with Crippen molar-refractivity contribution in [3.05, 3.63) is 35.6 Å². The van der Waals surface area contributed by atoms with E-state index in [1.165, 1.54) is 12.1 Å². The third-order valence-electron chi connectivity index (χ3n) is 5.62. The van der Waals surface area contributed by atoms with Crippen molar-refractivity contribution in [2.75, 3.05) is 39.4 Å². The van der Waals surface area contributed by atoms with Crippen LogP contribution in [-0.4, -0.2) is 62.1 Å². The van der Waals surface area contributed by atoms with Crippen LogP contribution in [0.5, 0.6) is 0 Å². The predicted molar refractivity (Wildman–Crippen MR) is 103 cm³/mol. The van der Waals surface area contributed by atoms with E-state index in [-0.39, 0.29) is 36.8 Å². The van der Waals surface area contributed by atoms with E-state index in [9.17, 15) is 14.0 Å². The number of benzene rings is 1. The standard InChI is InChI=1S/C21H26FN3O3/c1-2-10-23-19(26)14-25-11-12-28-15-18(25)13-24-20(27)21(8-3-9-21)16-4-6-17(22)7-5-16/h1,4-7,18H,3,8-15H2,(H,23,26)(H,24,27). The minimum atomic E-state index is -0.585. The second-order valence-corrected chi connectivity index (χ2v) is 7.33. The molecule has 1 aromatic rings. The van der Waals surface area contributed by atoms with Crippen molar-refractivity contribution in [3.8, 4) is 12.3 Å². The maximum Gasteiger partial charge on any atom is 0.234 e. The molecule has 1 saturated carbocycles. The van der Waals surface area contributed by atoms with E-state index in [0.29, 0.717) is 26.3 Å². The van der Waals surface area contributed by atoms with Gasteiger partial charge in [-0.2, -0.15) is 0 Å². The van der Waals surface area contributed by atoms with E-state index in [1.54, 1.807) is 12.1 Å². The molecule has 7 heteroatoms. The zero-order valence-electron chi connectivity index (χ0n) is 15.9. The molecule has 0 radical (unpaired) electrons. The maximum absolute atomic E-state index is 13.3. The number of ether oxygens (including phenoxy) is 1. The van der Waals surface area contributed by atoms with E-state index in [2.05, 4.69) is 16.6 Å². The summed E-state index contributed by atoms with van der Waals surface area (Å²) in [5, 5.41) is 5.69. The van der Waals surface area contributed by atoms with Gasteiger partial charge in [0.25, 0.3) is 0 Å². The highest BCUT2D eigenvalue weighted by Crippen LogP contribution is 2.44. The largest absolute Gasteiger partial charge is 0.378 e. The van der Waals surface area contributed by atoms with Crippen molar-refractivity contribution < 1.29 is 18.7 Å². The number of terminal acetylenes is 1. The lowest BCUT2D eigenvalue weighted by atomic mass is 9.64. The molecular formula is C21H26FN3O3. The van der Waals surface area contributed by atoms with Crippen LogP contribution in [0.2, 0.25) is 0 Å². The van der Waals surface area contributed by atoms with Crippen molar-refractivity contribution >= 4 is 11.8 Å². The number of morpholine rings is 1. The molecule has 1 aliphatic heterocycles. The van der Waals surface area contributed by atoms with Crippen LogP contribution in [0.3, 0.4) is 0 Å². The summed E-state index contributed by atoms with van der Waals surface area (Å²) in [5.74, 6) is 1.88. The second-order valence-electron chi connectivity index (χ2n) is 7.33. The number of carbonyl (C=O) groups excluding carboxylic acids is 2. The molecule has 0 aromatic heterocycles. The smallest absolute Gasteiger partial charge is 0.234 e. The molecule has 1 unspecified atom stereocenters. The summed E-state index contributed by atoms with van der Waals surface area (Å²) in [7, 11) is 0. The normalized spacial score (nSPS) is 21.2. The fourth-order valence-electron chi connectivity index (χ4n) is 3.80. The average molecular weight is 387 g/mol. The molecule has 2 amide bonds. The van der Waals surface area contributed by atoms with Crippen molar-refractivity contribution in [2.24, 2.45) is 0 Å².